The molecule has 1 aliphatic rings. The van der Waals surface area contributed by atoms with Gasteiger partial charge in [0.15, 0.2) is 0 Å². The smallest absolute Gasteiger partial charge is 0.288 e. The lowest BCUT2D eigenvalue weighted by molar-refractivity contribution is -0.384. The molecule has 0 amide bonds. The second-order valence-electron chi connectivity index (χ2n) is 5.90. The van der Waals surface area contributed by atoms with E-state index < -0.39 is 4.92 Å². The van der Waals surface area contributed by atoms with Crippen LogP contribution >= 0.6 is 11.6 Å². The molecule has 0 spiro atoms. The molecule has 1 aliphatic heterocycles. The van der Waals surface area contributed by atoms with Crippen LogP contribution in [0.1, 0.15) is 44.6 Å². The zero-order valence-corrected chi connectivity index (χ0v) is 13.3. The molecule has 1 aromatic carbocycles. The van der Waals surface area contributed by atoms with Crippen molar-refractivity contribution in [2.24, 2.45) is 5.92 Å². The van der Waals surface area contributed by atoms with Crippen LogP contribution in [0.4, 0.5) is 5.69 Å². The monoisotopic (exact) mass is 310 g/mol. The summed E-state index contributed by atoms with van der Waals surface area (Å²) in [5.41, 5.74) is 0.980. The largest absolute Gasteiger partial charge is 0.299 e. The molecule has 1 unspecified atom stereocenters. The van der Waals surface area contributed by atoms with Crippen molar-refractivity contribution < 1.29 is 4.92 Å². The Balaban J connectivity index is 1.98. The van der Waals surface area contributed by atoms with Crippen molar-refractivity contribution in [1.29, 1.82) is 0 Å². The van der Waals surface area contributed by atoms with E-state index in [0.717, 1.165) is 31.1 Å². The lowest BCUT2D eigenvalue weighted by atomic mass is 9.96. The van der Waals surface area contributed by atoms with Gasteiger partial charge in [-0.2, -0.15) is 0 Å². The Morgan fingerprint density at radius 2 is 2.19 bits per heavy atom. The van der Waals surface area contributed by atoms with Crippen LogP contribution in [0.5, 0.6) is 0 Å². The molecule has 1 atom stereocenters. The Hall–Kier alpha value is -1.13. The van der Waals surface area contributed by atoms with E-state index in [4.69, 9.17) is 11.6 Å². The van der Waals surface area contributed by atoms with Crippen LogP contribution in [0.3, 0.4) is 0 Å². The molecular formula is C16H23ClN2O2. The number of benzene rings is 1. The van der Waals surface area contributed by atoms with E-state index in [9.17, 15) is 10.1 Å². The van der Waals surface area contributed by atoms with E-state index >= 15 is 0 Å². The zero-order chi connectivity index (χ0) is 15.2. The number of nitro benzene ring substituents is 1. The van der Waals surface area contributed by atoms with Gasteiger partial charge in [0.05, 0.1) is 4.92 Å². The van der Waals surface area contributed by atoms with Crippen LogP contribution in [0, 0.1) is 16.0 Å². The van der Waals surface area contributed by atoms with Gasteiger partial charge in [0.2, 0.25) is 0 Å². The predicted octanol–water partition coefficient (Wildman–Crippen LogP) is 4.65. The second kappa shape index (κ2) is 7.76. The minimum absolute atomic E-state index is 0.00727. The summed E-state index contributed by atoms with van der Waals surface area (Å²) < 4.78 is 0. The van der Waals surface area contributed by atoms with Crippen LogP contribution in [-0.4, -0.2) is 22.9 Å². The summed E-state index contributed by atoms with van der Waals surface area (Å²) in [6, 6.07) is 5.13. The van der Waals surface area contributed by atoms with E-state index in [0.29, 0.717) is 0 Å². The summed E-state index contributed by atoms with van der Waals surface area (Å²) in [4.78, 5) is 12.9. The van der Waals surface area contributed by atoms with E-state index in [1.54, 1.807) is 12.1 Å². The van der Waals surface area contributed by atoms with Gasteiger partial charge in [-0.3, -0.25) is 15.0 Å². The van der Waals surface area contributed by atoms with Crippen LogP contribution in [-0.2, 0) is 6.54 Å². The summed E-state index contributed by atoms with van der Waals surface area (Å²) in [5.74, 6) is 0.847. The van der Waals surface area contributed by atoms with E-state index in [-0.39, 0.29) is 10.7 Å². The average molecular weight is 311 g/mol. The Bertz CT molecular complexity index is 493. The maximum absolute atomic E-state index is 10.9. The maximum Gasteiger partial charge on any atom is 0.288 e. The van der Waals surface area contributed by atoms with Crippen LogP contribution in [0.15, 0.2) is 18.2 Å². The Morgan fingerprint density at radius 3 is 2.90 bits per heavy atom. The van der Waals surface area contributed by atoms with Crippen molar-refractivity contribution >= 4 is 17.3 Å². The van der Waals surface area contributed by atoms with Gasteiger partial charge in [0.1, 0.15) is 5.02 Å². The molecule has 116 valence electrons. The van der Waals surface area contributed by atoms with Crippen LogP contribution in [0.25, 0.3) is 0 Å². The number of halogens is 1. The summed E-state index contributed by atoms with van der Waals surface area (Å²) >= 11 is 5.86. The molecular weight excluding hydrogens is 288 g/mol. The van der Waals surface area contributed by atoms with Gasteiger partial charge >= 0.3 is 0 Å². The number of hydrogen-bond donors (Lipinski definition) is 0. The standard InChI is InChI=1S/C16H23ClN2O2/c1-2-4-13-5-3-9-18(10-8-13)12-14-6-7-15(17)16(11-14)19(20)21/h6-7,11,13H,2-5,8-10,12H2,1H3. The number of likely N-dealkylation sites (tertiary alicyclic amines) is 1. The van der Waals surface area contributed by atoms with E-state index in [1.807, 2.05) is 6.07 Å². The third-order valence-electron chi connectivity index (χ3n) is 4.25. The molecule has 0 radical (unpaired) electrons. The average Bonchev–Trinajstić information content (AvgIpc) is 2.67. The molecule has 0 N–H and O–H groups in total. The SMILES string of the molecule is CCCC1CCCN(Cc2ccc(Cl)c([N+](=O)[O-])c2)CC1. The van der Waals surface area contributed by atoms with Crippen molar-refractivity contribution in [3.05, 3.63) is 38.9 Å². The molecule has 4 nitrogen and oxygen atoms in total. The van der Waals surface area contributed by atoms with Gasteiger partial charge in [-0.25, -0.2) is 0 Å². The molecule has 0 saturated carbocycles. The number of rotatable bonds is 5. The zero-order valence-electron chi connectivity index (χ0n) is 12.6. The minimum Gasteiger partial charge on any atom is -0.299 e. The molecule has 5 heteroatoms. The predicted molar refractivity (Wildman–Crippen MR) is 85.6 cm³/mol. The Labute approximate surface area is 131 Å². The third kappa shape index (κ3) is 4.68. The van der Waals surface area contributed by atoms with E-state index in [1.165, 1.54) is 32.1 Å². The van der Waals surface area contributed by atoms with Crippen molar-refractivity contribution in [2.75, 3.05) is 13.1 Å². The molecule has 1 saturated heterocycles. The number of nitro groups is 1. The van der Waals surface area contributed by atoms with Gasteiger partial charge in [-0.15, -0.1) is 0 Å². The molecule has 1 heterocycles. The van der Waals surface area contributed by atoms with Gasteiger partial charge in [-0.05, 0) is 49.9 Å². The molecule has 1 aromatic rings. The first-order valence-corrected chi connectivity index (χ1v) is 8.13. The third-order valence-corrected chi connectivity index (χ3v) is 4.57. The fourth-order valence-corrected chi connectivity index (χ4v) is 3.32. The first-order chi connectivity index (χ1) is 10.1. The Kier molecular flexibility index (Phi) is 6.00. The van der Waals surface area contributed by atoms with Gasteiger partial charge in [-0.1, -0.05) is 37.4 Å². The van der Waals surface area contributed by atoms with Crippen molar-refractivity contribution in [1.82, 2.24) is 4.90 Å². The van der Waals surface area contributed by atoms with Crippen molar-refractivity contribution in [2.45, 2.75) is 45.6 Å². The molecule has 1 fully saturated rings. The molecule has 2 rings (SSSR count). The summed E-state index contributed by atoms with van der Waals surface area (Å²) in [6.45, 7) is 5.18. The Morgan fingerprint density at radius 1 is 1.38 bits per heavy atom. The first-order valence-electron chi connectivity index (χ1n) is 7.75. The van der Waals surface area contributed by atoms with Crippen LogP contribution in [0.2, 0.25) is 5.02 Å². The number of nitrogens with zero attached hydrogens (tertiary/aromatic N) is 2. The van der Waals surface area contributed by atoms with Gasteiger partial charge in [0.25, 0.3) is 5.69 Å². The fourth-order valence-electron chi connectivity index (χ4n) is 3.13. The van der Waals surface area contributed by atoms with Crippen molar-refractivity contribution in [3.63, 3.8) is 0 Å². The maximum atomic E-state index is 10.9. The number of hydrogen-bond acceptors (Lipinski definition) is 3. The second-order valence-corrected chi connectivity index (χ2v) is 6.31. The summed E-state index contributed by atoms with van der Waals surface area (Å²) in [6.07, 6.45) is 6.35. The van der Waals surface area contributed by atoms with Gasteiger partial charge in [0, 0.05) is 12.6 Å². The highest BCUT2D eigenvalue weighted by Gasteiger charge is 2.18. The van der Waals surface area contributed by atoms with Crippen molar-refractivity contribution in [3.8, 4) is 0 Å². The molecule has 0 aliphatic carbocycles. The molecule has 21 heavy (non-hydrogen) atoms. The molecule has 0 aromatic heterocycles. The van der Waals surface area contributed by atoms with E-state index in [2.05, 4.69) is 11.8 Å². The first kappa shape index (κ1) is 16.2. The highest BCUT2D eigenvalue weighted by Crippen LogP contribution is 2.27. The summed E-state index contributed by atoms with van der Waals surface area (Å²) in [5, 5.41) is 11.2. The normalized spacial score (nSPS) is 20.2. The quantitative estimate of drug-likeness (QED) is 0.587. The highest BCUT2D eigenvalue weighted by molar-refractivity contribution is 6.32. The molecule has 0 bridgehead atoms. The lowest BCUT2D eigenvalue weighted by Crippen LogP contribution is -2.24. The highest BCUT2D eigenvalue weighted by atomic mass is 35.5. The minimum atomic E-state index is -0.411. The topological polar surface area (TPSA) is 46.4 Å². The summed E-state index contributed by atoms with van der Waals surface area (Å²) in [7, 11) is 0. The van der Waals surface area contributed by atoms with Gasteiger partial charge < -0.3 is 0 Å². The lowest BCUT2D eigenvalue weighted by Gasteiger charge is -2.20. The van der Waals surface area contributed by atoms with Crippen LogP contribution < -0.4 is 0 Å². The fraction of sp³-hybridized carbons (Fsp3) is 0.625.